The van der Waals surface area contributed by atoms with Crippen molar-refractivity contribution in [2.75, 3.05) is 0 Å². The first-order valence-electron chi connectivity index (χ1n) is 38.3. The molecule has 0 N–H and O–H groups in total. The van der Waals surface area contributed by atoms with Gasteiger partial charge in [0.15, 0.2) is 0 Å². The SMILES string of the molecule is Cc1cccc(-c2c3ccccc3c(-c3ccc4ccccc4c3)c3ccccc23)c1.Cc1cccc(-c2c3ccccc3c(-c3cccc4ccccc34)c3ccccc23)c1.Cc1cccc(-c2c3ccccc3c(-c3ccccc3)c3ccccc23)c1.Cc1cccc(-c2c3ccccc3cc3ccccc23)c1. The second-order valence-corrected chi connectivity index (χ2v) is 29.1. The van der Waals surface area contributed by atoms with E-state index in [0.29, 0.717) is 0 Å². The lowest BCUT2D eigenvalue weighted by atomic mass is 9.84. The highest BCUT2D eigenvalue weighted by Crippen LogP contribution is 2.49. The first-order valence-corrected chi connectivity index (χ1v) is 38.3. The highest BCUT2D eigenvalue weighted by molar-refractivity contribution is 6.26. The molecule has 21 rings (SSSR count). The van der Waals surface area contributed by atoms with Crippen molar-refractivity contribution in [1.82, 2.24) is 0 Å². The van der Waals surface area contributed by atoms with E-state index in [9.17, 15) is 0 Å². The number of fused-ring (bicyclic) bond motifs is 10. The van der Waals surface area contributed by atoms with Crippen molar-refractivity contribution in [3.63, 3.8) is 0 Å². The molecule has 0 heterocycles. The van der Waals surface area contributed by atoms with E-state index in [1.807, 2.05) is 0 Å². The second-order valence-electron chi connectivity index (χ2n) is 29.1. The molecule has 0 unspecified atom stereocenters. The predicted octanol–water partition coefficient (Wildman–Crippen LogP) is 31.2. The molecule has 21 aromatic rings. The van der Waals surface area contributed by atoms with Crippen LogP contribution in [0, 0.1) is 27.7 Å². The predicted molar refractivity (Wildman–Crippen MR) is 478 cm³/mol. The Hall–Kier alpha value is -13.8. The zero-order valence-electron chi connectivity index (χ0n) is 62.3. The summed E-state index contributed by atoms with van der Waals surface area (Å²) in [5, 5.41) is 26.0. The van der Waals surface area contributed by atoms with E-state index in [1.165, 1.54) is 208 Å². The van der Waals surface area contributed by atoms with Gasteiger partial charge in [-0.1, -0.05) is 423 Å². The summed E-state index contributed by atoms with van der Waals surface area (Å²) in [6.45, 7) is 8.64. The molecule has 0 amide bonds. The van der Waals surface area contributed by atoms with E-state index in [4.69, 9.17) is 0 Å². The van der Waals surface area contributed by atoms with Crippen LogP contribution in [0.2, 0.25) is 0 Å². The van der Waals surface area contributed by atoms with E-state index < -0.39 is 0 Å². The van der Waals surface area contributed by atoms with E-state index in [2.05, 4.69) is 440 Å². The monoisotopic (exact) mass is 1400 g/mol. The Kier molecular flexibility index (Phi) is 18.5. The van der Waals surface area contributed by atoms with Gasteiger partial charge in [0.2, 0.25) is 0 Å². The third-order valence-corrected chi connectivity index (χ3v) is 22.0. The van der Waals surface area contributed by atoms with E-state index in [1.54, 1.807) is 0 Å². The van der Waals surface area contributed by atoms with Gasteiger partial charge in [0.1, 0.15) is 0 Å². The van der Waals surface area contributed by atoms with Crippen molar-refractivity contribution in [3.8, 4) is 77.9 Å². The summed E-state index contributed by atoms with van der Waals surface area (Å²) in [6, 6.07) is 149. The lowest BCUT2D eigenvalue weighted by Gasteiger charge is -2.19. The number of hydrogen-bond donors (Lipinski definition) is 0. The van der Waals surface area contributed by atoms with Crippen LogP contribution in [0.4, 0.5) is 0 Å². The quantitative estimate of drug-likeness (QED) is 0.140. The lowest BCUT2D eigenvalue weighted by molar-refractivity contribution is 1.47. The van der Waals surface area contributed by atoms with Crippen molar-refractivity contribution in [3.05, 3.63) is 435 Å². The Balaban J connectivity index is 0.000000104. The van der Waals surface area contributed by atoms with Crippen LogP contribution in [0.1, 0.15) is 22.3 Å². The van der Waals surface area contributed by atoms with Gasteiger partial charge in [0.25, 0.3) is 0 Å². The molecule has 0 fully saturated rings. The van der Waals surface area contributed by atoms with Gasteiger partial charge >= 0.3 is 0 Å². The van der Waals surface area contributed by atoms with Crippen LogP contribution in [-0.2, 0) is 0 Å². The number of aryl methyl sites for hydroxylation is 4. The fraction of sp³-hybridized carbons (Fsp3) is 0.0364. The maximum Gasteiger partial charge on any atom is -0.00201 e. The zero-order chi connectivity index (χ0) is 74.0. The van der Waals surface area contributed by atoms with Crippen LogP contribution in [-0.4, -0.2) is 0 Å². The average molecular weight is 1400 g/mol. The highest BCUT2D eigenvalue weighted by atomic mass is 14.2. The van der Waals surface area contributed by atoms with Crippen molar-refractivity contribution in [2.24, 2.45) is 0 Å². The molecule has 0 atom stereocenters. The minimum absolute atomic E-state index is 1.26. The molecule has 110 heavy (non-hydrogen) atoms. The highest BCUT2D eigenvalue weighted by Gasteiger charge is 2.21. The van der Waals surface area contributed by atoms with Gasteiger partial charge in [-0.2, -0.15) is 0 Å². The molecular formula is C110H80. The van der Waals surface area contributed by atoms with Crippen molar-refractivity contribution in [1.29, 1.82) is 0 Å². The average Bonchev–Trinajstić information content (AvgIpc) is 0.614. The topological polar surface area (TPSA) is 0 Å². The van der Waals surface area contributed by atoms with Crippen LogP contribution >= 0.6 is 0 Å². The van der Waals surface area contributed by atoms with Gasteiger partial charge in [-0.25, -0.2) is 0 Å². The fourth-order valence-corrected chi connectivity index (χ4v) is 17.2. The molecule has 0 aliphatic carbocycles. The van der Waals surface area contributed by atoms with E-state index in [-0.39, 0.29) is 0 Å². The van der Waals surface area contributed by atoms with Gasteiger partial charge < -0.3 is 0 Å². The molecule has 21 aromatic carbocycles. The Morgan fingerprint density at radius 2 is 0.355 bits per heavy atom. The van der Waals surface area contributed by atoms with Gasteiger partial charge in [0, 0.05) is 0 Å². The Morgan fingerprint density at radius 3 is 0.709 bits per heavy atom. The minimum atomic E-state index is 1.26. The van der Waals surface area contributed by atoms with Crippen LogP contribution in [0.15, 0.2) is 413 Å². The molecule has 0 saturated heterocycles. The Morgan fingerprint density at radius 1 is 0.118 bits per heavy atom. The molecule has 0 radical (unpaired) electrons. The largest absolute Gasteiger partial charge is 0.0622 e. The van der Waals surface area contributed by atoms with Gasteiger partial charge in [-0.05, 0) is 225 Å². The maximum absolute atomic E-state index is 2.33. The summed E-state index contributed by atoms with van der Waals surface area (Å²) in [6.07, 6.45) is 0. The normalized spacial score (nSPS) is 11.3. The molecule has 520 valence electrons. The molecule has 0 aliphatic rings. The summed E-state index contributed by atoms with van der Waals surface area (Å²) in [4.78, 5) is 0. The lowest BCUT2D eigenvalue weighted by Crippen LogP contribution is -1.91. The number of benzene rings is 21. The first-order chi connectivity index (χ1) is 54.3. The smallest absolute Gasteiger partial charge is 0.00201 e. The fourth-order valence-electron chi connectivity index (χ4n) is 17.2. The van der Waals surface area contributed by atoms with Gasteiger partial charge in [0.05, 0.1) is 0 Å². The standard InChI is InChI=1S/2C31H22.C27H20.C21H16/c1-21-10-8-13-23(20-21)30-26-15-4-6-17-28(26)31(29-18-7-5-16-27(29)30)25-19-9-12-22-11-2-3-14-24(22)25;1-21-9-8-12-24(19-21)30-26-13-4-6-15-28(26)31(29-16-7-5-14-27(29)30)25-18-17-22-10-2-3-11-23(22)20-25;1-19-10-9-13-21(18-19)27-24-16-7-5-14-22(24)26(20-11-3-2-4-12-20)23-15-6-8-17-25(23)27;1-15-7-6-10-18(13-15)21-19-11-4-2-8-16(19)14-17-9-3-5-12-20(17)21/h2*2-20H,1H3;2-18H,1H3;2-14H,1H3. The number of hydrogen-bond acceptors (Lipinski definition) is 0. The summed E-state index contributed by atoms with van der Waals surface area (Å²) < 4.78 is 0. The molecule has 0 nitrogen and oxygen atoms in total. The van der Waals surface area contributed by atoms with Gasteiger partial charge in [-0.3, -0.25) is 0 Å². The molecule has 0 saturated carbocycles. The third-order valence-electron chi connectivity index (χ3n) is 22.0. The van der Waals surface area contributed by atoms with Crippen molar-refractivity contribution in [2.45, 2.75) is 27.7 Å². The molecule has 0 aromatic heterocycles. The van der Waals surface area contributed by atoms with E-state index >= 15 is 0 Å². The van der Waals surface area contributed by atoms with Crippen LogP contribution in [0.25, 0.3) is 186 Å². The molecule has 0 spiro atoms. The summed E-state index contributed by atoms with van der Waals surface area (Å²) in [5.41, 5.74) is 23.3. The van der Waals surface area contributed by atoms with Crippen LogP contribution in [0.5, 0.6) is 0 Å². The summed E-state index contributed by atoms with van der Waals surface area (Å²) >= 11 is 0. The Bertz CT molecular complexity index is 6840. The van der Waals surface area contributed by atoms with E-state index in [0.717, 1.165) is 0 Å². The summed E-state index contributed by atoms with van der Waals surface area (Å²) in [5.74, 6) is 0. The summed E-state index contributed by atoms with van der Waals surface area (Å²) in [7, 11) is 0. The molecule has 0 aliphatic heterocycles. The minimum Gasteiger partial charge on any atom is -0.0622 e. The zero-order valence-corrected chi connectivity index (χ0v) is 62.3. The molecular weight excluding hydrogens is 1320 g/mol. The van der Waals surface area contributed by atoms with Crippen LogP contribution in [0.3, 0.4) is 0 Å². The third kappa shape index (κ3) is 13.0. The first kappa shape index (κ1) is 68.1. The van der Waals surface area contributed by atoms with Crippen molar-refractivity contribution < 1.29 is 0 Å². The maximum atomic E-state index is 2.33. The second kappa shape index (κ2) is 29.9. The number of rotatable bonds is 7. The van der Waals surface area contributed by atoms with Crippen molar-refractivity contribution >= 4 is 108 Å². The van der Waals surface area contributed by atoms with Crippen LogP contribution < -0.4 is 0 Å². The molecule has 0 bridgehead atoms. The molecule has 0 heteroatoms. The van der Waals surface area contributed by atoms with Gasteiger partial charge in [-0.15, -0.1) is 0 Å². The Labute approximate surface area is 643 Å².